The monoisotopic (exact) mass is 327 g/mol. The normalized spacial score (nSPS) is 23.0. The second-order valence-electron chi connectivity index (χ2n) is 6.84. The van der Waals surface area contributed by atoms with Crippen molar-refractivity contribution in [3.8, 4) is 11.5 Å². The van der Waals surface area contributed by atoms with E-state index in [2.05, 4.69) is 44.3 Å². The van der Waals surface area contributed by atoms with Crippen LogP contribution in [0, 0.1) is 6.92 Å². The molecule has 2 aliphatic heterocycles. The predicted molar refractivity (Wildman–Crippen MR) is 92.6 cm³/mol. The van der Waals surface area contributed by atoms with Crippen LogP contribution in [0.5, 0.6) is 0 Å². The van der Waals surface area contributed by atoms with Crippen molar-refractivity contribution in [3.63, 3.8) is 0 Å². The number of benzene rings is 1. The van der Waals surface area contributed by atoms with E-state index in [1.54, 1.807) is 0 Å². The first-order valence-corrected chi connectivity index (χ1v) is 8.85. The number of hydrogen-bond acceptors (Lipinski definition) is 6. The zero-order valence-corrected chi connectivity index (χ0v) is 14.2. The van der Waals surface area contributed by atoms with Crippen LogP contribution >= 0.6 is 0 Å². The van der Waals surface area contributed by atoms with E-state index in [1.165, 1.54) is 12.0 Å². The minimum atomic E-state index is 0.612. The van der Waals surface area contributed by atoms with Gasteiger partial charge in [0, 0.05) is 44.3 Å². The summed E-state index contributed by atoms with van der Waals surface area (Å²) in [6.07, 6.45) is 1.28. The summed E-state index contributed by atoms with van der Waals surface area (Å²) < 4.78 is 5.43. The van der Waals surface area contributed by atoms with Gasteiger partial charge < -0.3 is 9.84 Å². The van der Waals surface area contributed by atoms with Crippen LogP contribution in [0.2, 0.25) is 0 Å². The molecule has 2 aliphatic rings. The summed E-state index contributed by atoms with van der Waals surface area (Å²) in [5, 5.41) is 7.61. The number of piperazine rings is 1. The van der Waals surface area contributed by atoms with Gasteiger partial charge in [-0.05, 0) is 32.0 Å². The van der Waals surface area contributed by atoms with Crippen molar-refractivity contribution in [2.24, 2.45) is 0 Å². The Kier molecular flexibility index (Phi) is 4.60. The topological polar surface area (TPSA) is 57.4 Å². The van der Waals surface area contributed by atoms with Gasteiger partial charge in [0.1, 0.15) is 0 Å². The average molecular weight is 327 g/mol. The SMILES string of the molecule is Cc1ccc(-c2nc(CN3CCN([C@H]4CCNC4)CC3)no2)cc1. The quantitative estimate of drug-likeness (QED) is 0.919. The Labute approximate surface area is 142 Å². The smallest absolute Gasteiger partial charge is 0.257 e. The first-order valence-electron chi connectivity index (χ1n) is 8.85. The van der Waals surface area contributed by atoms with Gasteiger partial charge in [-0.15, -0.1) is 0 Å². The predicted octanol–water partition coefficient (Wildman–Crippen LogP) is 1.52. The summed E-state index contributed by atoms with van der Waals surface area (Å²) in [5.74, 6) is 1.39. The lowest BCUT2D eigenvalue weighted by atomic mass is 10.1. The van der Waals surface area contributed by atoms with Gasteiger partial charge in [-0.1, -0.05) is 22.9 Å². The van der Waals surface area contributed by atoms with E-state index < -0.39 is 0 Å². The summed E-state index contributed by atoms with van der Waals surface area (Å²) in [7, 11) is 0. The molecule has 0 bridgehead atoms. The van der Waals surface area contributed by atoms with E-state index in [0.717, 1.165) is 63.2 Å². The highest BCUT2D eigenvalue weighted by molar-refractivity contribution is 5.53. The molecule has 1 atom stereocenters. The standard InChI is InChI=1S/C18H25N5O/c1-14-2-4-15(5-3-14)18-20-17(21-24-18)13-22-8-10-23(11-9-22)16-6-7-19-12-16/h2-5,16,19H,6-13H2,1H3/t16-/m0/s1. The minimum Gasteiger partial charge on any atom is -0.334 e. The van der Waals surface area contributed by atoms with Gasteiger partial charge in [0.05, 0.1) is 6.54 Å². The first kappa shape index (κ1) is 15.7. The van der Waals surface area contributed by atoms with Crippen LogP contribution in [-0.2, 0) is 6.54 Å². The second-order valence-corrected chi connectivity index (χ2v) is 6.84. The zero-order valence-electron chi connectivity index (χ0n) is 14.2. The maximum absolute atomic E-state index is 5.43. The van der Waals surface area contributed by atoms with Gasteiger partial charge in [-0.25, -0.2) is 0 Å². The van der Waals surface area contributed by atoms with Crippen LogP contribution in [0.15, 0.2) is 28.8 Å². The van der Waals surface area contributed by atoms with Crippen LogP contribution in [-0.4, -0.2) is 65.3 Å². The molecule has 0 unspecified atom stereocenters. The number of nitrogens with one attached hydrogen (secondary N) is 1. The summed E-state index contributed by atoms with van der Waals surface area (Å²) in [6.45, 7) is 9.57. The van der Waals surface area contributed by atoms with Gasteiger partial charge in [-0.2, -0.15) is 4.98 Å². The fourth-order valence-electron chi connectivity index (χ4n) is 3.57. The molecule has 0 amide bonds. The van der Waals surface area contributed by atoms with E-state index in [0.29, 0.717) is 5.89 Å². The molecule has 24 heavy (non-hydrogen) atoms. The van der Waals surface area contributed by atoms with Crippen LogP contribution in [0.1, 0.15) is 17.8 Å². The summed E-state index contributed by atoms with van der Waals surface area (Å²) in [4.78, 5) is 9.59. The Morgan fingerprint density at radius 2 is 1.96 bits per heavy atom. The fourth-order valence-corrected chi connectivity index (χ4v) is 3.57. The van der Waals surface area contributed by atoms with E-state index in [4.69, 9.17) is 4.52 Å². The number of rotatable bonds is 4. The molecule has 1 aromatic carbocycles. The lowest BCUT2D eigenvalue weighted by molar-refractivity contribution is 0.0959. The van der Waals surface area contributed by atoms with Crippen molar-refractivity contribution < 1.29 is 4.52 Å². The van der Waals surface area contributed by atoms with Gasteiger partial charge in [0.15, 0.2) is 5.82 Å². The van der Waals surface area contributed by atoms with Crippen molar-refractivity contribution in [3.05, 3.63) is 35.7 Å². The number of hydrogen-bond donors (Lipinski definition) is 1. The Hall–Kier alpha value is -1.76. The molecule has 0 spiro atoms. The van der Waals surface area contributed by atoms with Crippen molar-refractivity contribution in [1.82, 2.24) is 25.3 Å². The van der Waals surface area contributed by atoms with Crippen LogP contribution in [0.4, 0.5) is 0 Å². The fraction of sp³-hybridized carbons (Fsp3) is 0.556. The van der Waals surface area contributed by atoms with Crippen molar-refractivity contribution in [2.75, 3.05) is 39.3 Å². The Balaban J connectivity index is 1.32. The molecule has 2 fully saturated rings. The number of aryl methyl sites for hydroxylation is 1. The second kappa shape index (κ2) is 7.01. The Bertz CT molecular complexity index is 654. The van der Waals surface area contributed by atoms with Crippen LogP contribution in [0.3, 0.4) is 0 Å². The lowest BCUT2D eigenvalue weighted by Crippen LogP contribution is -2.50. The molecule has 0 radical (unpaired) electrons. The highest BCUT2D eigenvalue weighted by Crippen LogP contribution is 2.19. The summed E-state index contributed by atoms with van der Waals surface area (Å²) in [5.41, 5.74) is 2.21. The van der Waals surface area contributed by atoms with Crippen LogP contribution in [0.25, 0.3) is 11.5 Å². The molecule has 6 nitrogen and oxygen atoms in total. The van der Waals surface area contributed by atoms with Crippen LogP contribution < -0.4 is 5.32 Å². The van der Waals surface area contributed by atoms with E-state index in [-0.39, 0.29) is 0 Å². The molecule has 1 aromatic heterocycles. The maximum atomic E-state index is 5.43. The molecular formula is C18H25N5O. The average Bonchev–Trinajstić information content (AvgIpc) is 3.28. The minimum absolute atomic E-state index is 0.612. The third-order valence-corrected chi connectivity index (χ3v) is 5.09. The molecule has 4 rings (SSSR count). The molecule has 128 valence electrons. The number of nitrogens with zero attached hydrogens (tertiary/aromatic N) is 4. The van der Waals surface area contributed by atoms with E-state index >= 15 is 0 Å². The first-order chi connectivity index (χ1) is 11.8. The van der Waals surface area contributed by atoms with Crippen molar-refractivity contribution >= 4 is 0 Å². The number of aromatic nitrogens is 2. The third kappa shape index (κ3) is 3.50. The molecule has 0 aliphatic carbocycles. The van der Waals surface area contributed by atoms with Crippen molar-refractivity contribution in [2.45, 2.75) is 25.9 Å². The lowest BCUT2D eigenvalue weighted by Gasteiger charge is -2.37. The molecule has 1 N–H and O–H groups in total. The summed E-state index contributed by atoms with van der Waals surface area (Å²) >= 11 is 0. The highest BCUT2D eigenvalue weighted by atomic mass is 16.5. The molecule has 2 saturated heterocycles. The maximum Gasteiger partial charge on any atom is 0.257 e. The molecule has 0 saturated carbocycles. The van der Waals surface area contributed by atoms with Crippen molar-refractivity contribution in [1.29, 1.82) is 0 Å². The Morgan fingerprint density at radius 1 is 1.17 bits per heavy atom. The van der Waals surface area contributed by atoms with E-state index in [9.17, 15) is 0 Å². The Morgan fingerprint density at radius 3 is 2.67 bits per heavy atom. The van der Waals surface area contributed by atoms with Gasteiger partial charge in [0.2, 0.25) is 0 Å². The van der Waals surface area contributed by atoms with Gasteiger partial charge in [0.25, 0.3) is 5.89 Å². The summed E-state index contributed by atoms with van der Waals surface area (Å²) in [6, 6.07) is 8.92. The highest BCUT2D eigenvalue weighted by Gasteiger charge is 2.26. The zero-order chi connectivity index (χ0) is 16.4. The molecule has 3 heterocycles. The van der Waals surface area contributed by atoms with Gasteiger partial charge >= 0.3 is 0 Å². The van der Waals surface area contributed by atoms with Gasteiger partial charge in [-0.3, -0.25) is 9.80 Å². The molecular weight excluding hydrogens is 302 g/mol. The molecule has 2 aromatic rings. The molecule has 6 heteroatoms. The van der Waals surface area contributed by atoms with E-state index in [1.807, 2.05) is 12.1 Å². The third-order valence-electron chi connectivity index (χ3n) is 5.09. The largest absolute Gasteiger partial charge is 0.334 e.